The Morgan fingerprint density at radius 3 is 1.69 bits per heavy atom. The summed E-state index contributed by atoms with van der Waals surface area (Å²) in [6.45, 7) is 10.7. The average Bonchev–Trinajstić information content (AvgIpc) is 3.01. The van der Waals surface area contributed by atoms with Gasteiger partial charge in [-0.1, -0.05) is 39.5 Å². The molecule has 3 aromatic carbocycles. The number of carbonyl (C=O) groups is 3. The van der Waals surface area contributed by atoms with Crippen LogP contribution in [0.15, 0.2) is 66.7 Å². The summed E-state index contributed by atoms with van der Waals surface area (Å²) >= 11 is 0. The lowest BCUT2D eigenvalue weighted by atomic mass is 9.98. The molecule has 0 aliphatic heterocycles. The largest absolute Gasteiger partial charge is 0.490 e. The van der Waals surface area contributed by atoms with Crippen LogP contribution in [0, 0.1) is 17.6 Å². The van der Waals surface area contributed by atoms with E-state index in [9.17, 15) is 14.4 Å². The Hall–Kier alpha value is -4.73. The van der Waals surface area contributed by atoms with Gasteiger partial charge in [-0.05, 0) is 71.6 Å². The lowest BCUT2D eigenvalue weighted by Crippen LogP contribution is -2.14. The molecule has 0 amide bonds. The van der Waals surface area contributed by atoms with Crippen LogP contribution in [-0.4, -0.2) is 44.3 Å². The molecule has 0 bridgehead atoms. The molecule has 8 nitrogen and oxygen atoms in total. The van der Waals surface area contributed by atoms with Crippen molar-refractivity contribution in [3.05, 3.63) is 78.4 Å². The summed E-state index contributed by atoms with van der Waals surface area (Å²) < 4.78 is 56.6. The number of benzene rings is 3. The topological polar surface area (TPSA) is 97.4 Å². The van der Waals surface area contributed by atoms with Gasteiger partial charge in [-0.25, -0.2) is 13.6 Å². The molecule has 10 heteroatoms. The third-order valence-electron chi connectivity index (χ3n) is 6.35. The van der Waals surface area contributed by atoms with Gasteiger partial charge in [-0.15, -0.1) is 0 Å². The number of hydrogen-bond donors (Lipinski definition) is 0. The van der Waals surface area contributed by atoms with Crippen molar-refractivity contribution in [2.45, 2.75) is 47.0 Å². The standard InChI is InChI=1S/C35H38F2O8/c1-6-33(38)43-15-7-13-41-31-11-9-24(20-29(31)36)26-17-27(19-28(18-26)45-35(40)23(4)5)25-10-12-32(30(37)21-25)42-14-8-16-44-34(39)22(2)3/h9-12,17-21,23H,2,6-8,13-16H2,1,3-5H3. The summed E-state index contributed by atoms with van der Waals surface area (Å²) in [5.41, 5.74) is 2.30. The van der Waals surface area contributed by atoms with Crippen LogP contribution in [0.25, 0.3) is 22.3 Å². The van der Waals surface area contributed by atoms with Gasteiger partial charge in [0.1, 0.15) is 5.75 Å². The monoisotopic (exact) mass is 624 g/mol. The summed E-state index contributed by atoms with van der Waals surface area (Å²) in [5.74, 6) is -2.61. The van der Waals surface area contributed by atoms with Crippen molar-refractivity contribution in [3.8, 4) is 39.5 Å². The maximum absolute atomic E-state index is 15.0. The summed E-state index contributed by atoms with van der Waals surface area (Å²) in [6, 6.07) is 13.8. The second-order valence-corrected chi connectivity index (χ2v) is 10.5. The van der Waals surface area contributed by atoms with Crippen LogP contribution in [0.5, 0.6) is 17.2 Å². The van der Waals surface area contributed by atoms with Gasteiger partial charge in [0.25, 0.3) is 0 Å². The highest BCUT2D eigenvalue weighted by molar-refractivity contribution is 5.86. The van der Waals surface area contributed by atoms with Gasteiger partial charge in [0.15, 0.2) is 23.1 Å². The molecule has 0 fully saturated rings. The van der Waals surface area contributed by atoms with Crippen LogP contribution in [-0.2, 0) is 23.9 Å². The van der Waals surface area contributed by atoms with Crippen LogP contribution in [0.1, 0.15) is 47.0 Å². The zero-order chi connectivity index (χ0) is 32.9. The molecule has 45 heavy (non-hydrogen) atoms. The average molecular weight is 625 g/mol. The first-order valence-corrected chi connectivity index (χ1v) is 14.7. The number of ether oxygens (including phenoxy) is 5. The van der Waals surface area contributed by atoms with E-state index in [1.165, 1.54) is 24.3 Å². The molecule has 0 aliphatic rings. The van der Waals surface area contributed by atoms with Crippen molar-refractivity contribution in [2.75, 3.05) is 26.4 Å². The summed E-state index contributed by atoms with van der Waals surface area (Å²) in [5, 5.41) is 0. The number of hydrogen-bond acceptors (Lipinski definition) is 8. The molecule has 240 valence electrons. The predicted octanol–water partition coefficient (Wildman–Crippen LogP) is 7.47. The first-order chi connectivity index (χ1) is 21.5. The molecule has 0 heterocycles. The molecular formula is C35H38F2O8. The molecule has 0 saturated heterocycles. The highest BCUT2D eigenvalue weighted by Gasteiger charge is 2.15. The zero-order valence-corrected chi connectivity index (χ0v) is 26.0. The molecule has 0 radical (unpaired) electrons. The van der Waals surface area contributed by atoms with Crippen molar-refractivity contribution in [1.29, 1.82) is 0 Å². The third-order valence-corrected chi connectivity index (χ3v) is 6.35. The minimum Gasteiger partial charge on any atom is -0.490 e. The molecule has 0 N–H and O–H groups in total. The Balaban J connectivity index is 1.78. The normalized spacial score (nSPS) is 10.7. The van der Waals surface area contributed by atoms with Gasteiger partial charge in [0.2, 0.25) is 0 Å². The lowest BCUT2D eigenvalue weighted by molar-refractivity contribution is -0.143. The molecule has 0 atom stereocenters. The van der Waals surface area contributed by atoms with E-state index in [1.54, 1.807) is 58.0 Å². The molecular weight excluding hydrogens is 586 g/mol. The second-order valence-electron chi connectivity index (χ2n) is 10.5. The minimum atomic E-state index is -0.616. The summed E-state index contributed by atoms with van der Waals surface area (Å²) in [4.78, 5) is 35.1. The quantitative estimate of drug-likeness (QED) is 0.0701. The van der Waals surface area contributed by atoms with E-state index in [4.69, 9.17) is 23.7 Å². The number of rotatable bonds is 16. The summed E-state index contributed by atoms with van der Waals surface area (Å²) in [6.07, 6.45) is 1.05. The van der Waals surface area contributed by atoms with Gasteiger partial charge >= 0.3 is 17.9 Å². The zero-order valence-electron chi connectivity index (χ0n) is 26.0. The third kappa shape index (κ3) is 10.7. The van der Waals surface area contributed by atoms with Crippen LogP contribution < -0.4 is 14.2 Å². The van der Waals surface area contributed by atoms with Crippen LogP contribution in [0.4, 0.5) is 8.78 Å². The molecule has 0 spiro atoms. The van der Waals surface area contributed by atoms with E-state index in [2.05, 4.69) is 6.58 Å². The first kappa shape index (κ1) is 34.8. The molecule has 3 aromatic rings. The van der Waals surface area contributed by atoms with E-state index in [0.717, 1.165) is 0 Å². The van der Waals surface area contributed by atoms with E-state index in [0.29, 0.717) is 40.7 Å². The summed E-state index contributed by atoms with van der Waals surface area (Å²) in [7, 11) is 0. The van der Waals surface area contributed by atoms with Gasteiger partial charge in [-0.3, -0.25) is 9.59 Å². The Bertz CT molecular complexity index is 1520. The number of carbonyl (C=O) groups excluding carboxylic acids is 3. The highest BCUT2D eigenvalue weighted by atomic mass is 19.1. The van der Waals surface area contributed by atoms with Crippen molar-refractivity contribution in [2.24, 2.45) is 5.92 Å². The minimum absolute atomic E-state index is 0.0220. The molecule has 0 saturated carbocycles. The SMILES string of the molecule is C=C(C)C(=O)OCCCOc1ccc(-c2cc(OC(=O)C(C)C)cc(-c3ccc(OCCCOC(=O)CC)c(F)c3)c2)cc1F. The molecule has 0 unspecified atom stereocenters. The van der Waals surface area contributed by atoms with E-state index in [1.807, 2.05) is 0 Å². The van der Waals surface area contributed by atoms with Gasteiger partial charge in [0, 0.05) is 24.8 Å². The number of esters is 3. The maximum Gasteiger partial charge on any atom is 0.333 e. The van der Waals surface area contributed by atoms with Crippen molar-refractivity contribution in [1.82, 2.24) is 0 Å². The Kier molecular flexibility index (Phi) is 13.1. The van der Waals surface area contributed by atoms with Crippen LogP contribution in [0.3, 0.4) is 0 Å². The molecule has 0 aromatic heterocycles. The van der Waals surface area contributed by atoms with E-state index < -0.39 is 29.5 Å². The smallest absolute Gasteiger partial charge is 0.333 e. The molecule has 3 rings (SSSR count). The molecule has 0 aliphatic carbocycles. The Labute approximate surface area is 261 Å². The van der Waals surface area contributed by atoms with Crippen LogP contribution in [0.2, 0.25) is 0 Å². The van der Waals surface area contributed by atoms with E-state index in [-0.39, 0.29) is 56.1 Å². The lowest BCUT2D eigenvalue weighted by Gasteiger charge is -2.14. The second kappa shape index (κ2) is 16.9. The predicted molar refractivity (Wildman–Crippen MR) is 165 cm³/mol. The van der Waals surface area contributed by atoms with Gasteiger partial charge in [-0.2, -0.15) is 0 Å². The fraction of sp³-hybridized carbons (Fsp3) is 0.343. The van der Waals surface area contributed by atoms with Crippen molar-refractivity contribution >= 4 is 17.9 Å². The first-order valence-electron chi connectivity index (χ1n) is 14.7. The van der Waals surface area contributed by atoms with E-state index >= 15 is 8.78 Å². The van der Waals surface area contributed by atoms with Crippen molar-refractivity contribution < 1.29 is 46.8 Å². The highest BCUT2D eigenvalue weighted by Crippen LogP contribution is 2.35. The van der Waals surface area contributed by atoms with Gasteiger partial charge < -0.3 is 23.7 Å². The maximum atomic E-state index is 15.0. The fourth-order valence-corrected chi connectivity index (χ4v) is 3.88. The van der Waals surface area contributed by atoms with Gasteiger partial charge in [0.05, 0.1) is 32.3 Å². The Morgan fingerprint density at radius 1 is 0.733 bits per heavy atom. The van der Waals surface area contributed by atoms with Crippen molar-refractivity contribution in [3.63, 3.8) is 0 Å². The Morgan fingerprint density at radius 2 is 1.24 bits per heavy atom. The fourth-order valence-electron chi connectivity index (χ4n) is 3.88. The number of halogens is 2. The van der Waals surface area contributed by atoms with Crippen LogP contribution >= 0.6 is 0 Å².